The molecule has 0 saturated heterocycles. The first-order chi connectivity index (χ1) is 7.68. The lowest BCUT2D eigenvalue weighted by Crippen LogP contribution is -2.38. The number of carbonyl (C=O) groups is 1. The smallest absolute Gasteiger partial charge is 0.234 e. The molecule has 16 heavy (non-hydrogen) atoms. The molecule has 4 heteroatoms. The van der Waals surface area contributed by atoms with Crippen LogP contribution in [0.25, 0.3) is 0 Å². The van der Waals surface area contributed by atoms with E-state index in [1.807, 2.05) is 24.3 Å². The molecule has 2 rings (SSSR count). The number of hydrogen-bond donors (Lipinski definition) is 2. The van der Waals surface area contributed by atoms with Crippen molar-refractivity contribution in [1.29, 1.82) is 0 Å². The number of hydrogen-bond acceptors (Lipinski definition) is 3. The minimum absolute atomic E-state index is 0.271. The van der Waals surface area contributed by atoms with E-state index in [1.54, 1.807) is 0 Å². The van der Waals surface area contributed by atoms with Gasteiger partial charge in [0.25, 0.3) is 0 Å². The normalized spacial score (nSPS) is 20.7. The van der Waals surface area contributed by atoms with Crippen LogP contribution in [0, 0.1) is 0 Å². The molecule has 1 amide bonds. The molecule has 0 fully saturated rings. The van der Waals surface area contributed by atoms with Gasteiger partial charge in [0.05, 0.1) is 12.6 Å². The van der Waals surface area contributed by atoms with Gasteiger partial charge in [0.1, 0.15) is 5.75 Å². The van der Waals surface area contributed by atoms with Gasteiger partial charge in [-0.15, -0.1) is 0 Å². The van der Waals surface area contributed by atoms with E-state index < -0.39 is 11.9 Å². The summed E-state index contributed by atoms with van der Waals surface area (Å²) in [7, 11) is 0. The van der Waals surface area contributed by atoms with E-state index in [4.69, 9.17) is 16.2 Å². The predicted octanol–water partition coefficient (Wildman–Crippen LogP) is 0.755. The highest BCUT2D eigenvalue weighted by molar-refractivity contribution is 5.79. The lowest BCUT2D eigenvalue weighted by atomic mass is 9.87. The highest BCUT2D eigenvalue weighted by atomic mass is 16.5. The summed E-state index contributed by atoms with van der Waals surface area (Å²) in [6.07, 6.45) is 1.48. The van der Waals surface area contributed by atoms with Crippen LogP contribution >= 0.6 is 0 Å². The Labute approximate surface area is 94.6 Å². The second-order valence-electron chi connectivity index (χ2n) is 4.12. The fourth-order valence-electron chi connectivity index (χ4n) is 2.08. The average Bonchev–Trinajstić information content (AvgIpc) is 2.29. The Kier molecular flexibility index (Phi) is 3.10. The van der Waals surface area contributed by atoms with Crippen molar-refractivity contribution in [2.75, 3.05) is 6.61 Å². The Balaban J connectivity index is 2.16. The second-order valence-corrected chi connectivity index (χ2v) is 4.12. The molecule has 0 bridgehead atoms. The van der Waals surface area contributed by atoms with E-state index in [0.717, 1.165) is 17.7 Å². The number of para-hydroxylation sites is 1. The van der Waals surface area contributed by atoms with Crippen molar-refractivity contribution < 1.29 is 9.53 Å². The minimum Gasteiger partial charge on any atom is -0.493 e. The van der Waals surface area contributed by atoms with Crippen LogP contribution in [0.2, 0.25) is 0 Å². The maximum atomic E-state index is 11.0. The third-order valence-corrected chi connectivity index (χ3v) is 2.99. The minimum atomic E-state index is -0.573. The molecule has 0 spiro atoms. The Morgan fingerprint density at radius 3 is 3.00 bits per heavy atom. The monoisotopic (exact) mass is 220 g/mol. The van der Waals surface area contributed by atoms with Gasteiger partial charge in [0.15, 0.2) is 0 Å². The first-order valence-corrected chi connectivity index (χ1v) is 5.45. The van der Waals surface area contributed by atoms with Gasteiger partial charge in [-0.25, -0.2) is 0 Å². The van der Waals surface area contributed by atoms with E-state index in [1.165, 1.54) is 0 Å². The molecule has 86 valence electrons. The summed E-state index contributed by atoms with van der Waals surface area (Å²) in [5, 5.41) is 0. The molecule has 1 aromatic carbocycles. The van der Waals surface area contributed by atoms with Crippen LogP contribution in [0.5, 0.6) is 5.75 Å². The number of amides is 1. The van der Waals surface area contributed by atoms with E-state index in [2.05, 4.69) is 0 Å². The fraction of sp³-hybridized carbons (Fsp3) is 0.417. The maximum Gasteiger partial charge on any atom is 0.234 e. The van der Waals surface area contributed by atoms with Crippen LogP contribution in [0.1, 0.15) is 24.3 Å². The number of nitrogens with two attached hydrogens (primary N) is 2. The first-order valence-electron chi connectivity index (χ1n) is 5.45. The number of primary amides is 1. The van der Waals surface area contributed by atoms with Gasteiger partial charge < -0.3 is 16.2 Å². The molecule has 2 atom stereocenters. The van der Waals surface area contributed by atoms with Crippen LogP contribution in [0.3, 0.4) is 0 Å². The van der Waals surface area contributed by atoms with E-state index in [9.17, 15) is 4.79 Å². The van der Waals surface area contributed by atoms with Crippen molar-refractivity contribution in [2.45, 2.75) is 24.8 Å². The number of benzene rings is 1. The van der Waals surface area contributed by atoms with Crippen molar-refractivity contribution in [3.63, 3.8) is 0 Å². The van der Waals surface area contributed by atoms with Gasteiger partial charge in [-0.3, -0.25) is 4.79 Å². The van der Waals surface area contributed by atoms with Gasteiger partial charge in [-0.05, 0) is 30.4 Å². The van der Waals surface area contributed by atoms with Crippen molar-refractivity contribution in [1.82, 2.24) is 0 Å². The van der Waals surface area contributed by atoms with Gasteiger partial charge >= 0.3 is 0 Å². The van der Waals surface area contributed by atoms with Crippen molar-refractivity contribution in [3.8, 4) is 5.75 Å². The molecule has 0 aliphatic carbocycles. The maximum absolute atomic E-state index is 11.0. The summed E-state index contributed by atoms with van der Waals surface area (Å²) in [6, 6.07) is 7.30. The van der Waals surface area contributed by atoms with E-state index in [0.29, 0.717) is 13.0 Å². The predicted molar refractivity (Wildman–Crippen MR) is 61.1 cm³/mol. The van der Waals surface area contributed by atoms with Gasteiger partial charge in [0, 0.05) is 0 Å². The van der Waals surface area contributed by atoms with Crippen LogP contribution in [-0.4, -0.2) is 18.6 Å². The third kappa shape index (κ3) is 2.17. The summed E-state index contributed by atoms with van der Waals surface area (Å²) in [5.41, 5.74) is 12.0. The molecule has 0 radical (unpaired) electrons. The summed E-state index contributed by atoms with van der Waals surface area (Å²) >= 11 is 0. The van der Waals surface area contributed by atoms with Gasteiger partial charge in [-0.1, -0.05) is 18.2 Å². The third-order valence-electron chi connectivity index (χ3n) is 2.99. The van der Waals surface area contributed by atoms with Crippen LogP contribution < -0.4 is 16.2 Å². The lowest BCUT2D eigenvalue weighted by molar-refractivity contribution is -0.119. The summed E-state index contributed by atoms with van der Waals surface area (Å²) in [6.45, 7) is 0.674. The van der Waals surface area contributed by atoms with E-state index >= 15 is 0 Å². The SMILES string of the molecule is NC(=O)C(N)CC1CCOc2ccccc21. The Hall–Kier alpha value is -1.55. The molecule has 1 heterocycles. The Morgan fingerprint density at radius 2 is 2.25 bits per heavy atom. The van der Waals surface area contributed by atoms with Crippen molar-refractivity contribution >= 4 is 5.91 Å². The number of ether oxygens (including phenoxy) is 1. The zero-order valence-electron chi connectivity index (χ0n) is 9.06. The average molecular weight is 220 g/mol. The molecule has 1 aliphatic heterocycles. The first kappa shape index (κ1) is 11.0. The molecular formula is C12H16N2O2. The summed E-state index contributed by atoms with van der Waals surface area (Å²) < 4.78 is 5.54. The largest absolute Gasteiger partial charge is 0.493 e. The van der Waals surface area contributed by atoms with E-state index in [-0.39, 0.29) is 5.92 Å². The van der Waals surface area contributed by atoms with Crippen LogP contribution in [-0.2, 0) is 4.79 Å². The molecule has 1 aliphatic rings. The lowest BCUT2D eigenvalue weighted by Gasteiger charge is -2.27. The molecular weight excluding hydrogens is 204 g/mol. The van der Waals surface area contributed by atoms with Crippen LogP contribution in [0.15, 0.2) is 24.3 Å². The summed E-state index contributed by atoms with van der Waals surface area (Å²) in [5.74, 6) is 0.729. The standard InChI is InChI=1S/C12H16N2O2/c13-10(12(14)15)7-8-5-6-16-11-4-2-1-3-9(8)11/h1-4,8,10H,5-7,13H2,(H2,14,15). The Morgan fingerprint density at radius 1 is 1.50 bits per heavy atom. The number of fused-ring (bicyclic) bond motifs is 1. The quantitative estimate of drug-likeness (QED) is 0.789. The highest BCUT2D eigenvalue weighted by Gasteiger charge is 2.24. The molecule has 4 N–H and O–H groups in total. The topological polar surface area (TPSA) is 78.3 Å². The van der Waals surface area contributed by atoms with Gasteiger partial charge in [0.2, 0.25) is 5.91 Å². The summed E-state index contributed by atoms with van der Waals surface area (Å²) in [4.78, 5) is 11.0. The molecule has 4 nitrogen and oxygen atoms in total. The van der Waals surface area contributed by atoms with Crippen molar-refractivity contribution in [3.05, 3.63) is 29.8 Å². The zero-order valence-corrected chi connectivity index (χ0v) is 9.06. The molecule has 0 aromatic heterocycles. The fourth-order valence-corrected chi connectivity index (χ4v) is 2.08. The highest BCUT2D eigenvalue weighted by Crippen LogP contribution is 2.35. The van der Waals surface area contributed by atoms with Crippen molar-refractivity contribution in [2.24, 2.45) is 11.5 Å². The van der Waals surface area contributed by atoms with Crippen LogP contribution in [0.4, 0.5) is 0 Å². The number of rotatable bonds is 3. The second kappa shape index (κ2) is 4.53. The van der Waals surface area contributed by atoms with Gasteiger partial charge in [-0.2, -0.15) is 0 Å². The Bertz CT molecular complexity index is 392. The number of carbonyl (C=O) groups excluding carboxylic acids is 1. The molecule has 1 aromatic rings. The zero-order chi connectivity index (χ0) is 11.5. The molecule has 2 unspecified atom stereocenters. The molecule has 0 saturated carbocycles.